The van der Waals surface area contributed by atoms with Gasteiger partial charge in [0.05, 0.1) is 25.4 Å². The van der Waals surface area contributed by atoms with E-state index in [1.807, 2.05) is 0 Å². The van der Waals surface area contributed by atoms with E-state index in [-0.39, 0.29) is 6.42 Å². The summed E-state index contributed by atoms with van der Waals surface area (Å²) in [5.41, 5.74) is 0. The molecule has 9 atom stereocenters. The van der Waals surface area contributed by atoms with Crippen LogP contribution in [0.3, 0.4) is 0 Å². The number of hydrogen-bond acceptors (Lipinski definition) is 10. The lowest BCUT2D eigenvalue weighted by Crippen LogP contribution is -2.60. The number of aliphatic hydroxyl groups excluding tert-OH is 7. The molecule has 11 nitrogen and oxygen atoms in total. The Balaban J connectivity index is 2.39. The highest BCUT2D eigenvalue weighted by atomic mass is 16.7. The van der Waals surface area contributed by atoms with Gasteiger partial charge in [0, 0.05) is 0 Å². The largest absolute Gasteiger partial charge is 0.394 e. The number of carbonyl (C=O) groups is 1. The lowest BCUT2D eigenvalue weighted by molar-refractivity contribution is -0.303. The van der Waals surface area contributed by atoms with Crippen molar-refractivity contribution < 1.29 is 50.0 Å². The van der Waals surface area contributed by atoms with Crippen molar-refractivity contribution in [3.63, 3.8) is 0 Å². The second-order valence-electron chi connectivity index (χ2n) is 16.8. The smallest absolute Gasteiger partial charge is 0.249 e. The first-order valence-electron chi connectivity index (χ1n) is 23.4. The van der Waals surface area contributed by atoms with Gasteiger partial charge in [-0.3, -0.25) is 4.79 Å². The van der Waals surface area contributed by atoms with Gasteiger partial charge in [-0.05, 0) is 12.8 Å². The summed E-state index contributed by atoms with van der Waals surface area (Å²) >= 11 is 0. The van der Waals surface area contributed by atoms with E-state index in [0.29, 0.717) is 19.3 Å². The van der Waals surface area contributed by atoms with E-state index in [2.05, 4.69) is 19.2 Å². The van der Waals surface area contributed by atoms with Gasteiger partial charge in [0.1, 0.15) is 36.6 Å². The van der Waals surface area contributed by atoms with Crippen molar-refractivity contribution in [2.45, 2.75) is 268 Å². The topological polar surface area (TPSA) is 189 Å². The van der Waals surface area contributed by atoms with Crippen LogP contribution in [0, 0.1) is 0 Å². The van der Waals surface area contributed by atoms with Crippen molar-refractivity contribution in [2.24, 2.45) is 0 Å². The molecule has 1 aliphatic rings. The average Bonchev–Trinajstić information content (AvgIpc) is 3.20. The van der Waals surface area contributed by atoms with Crippen LogP contribution in [0.2, 0.25) is 0 Å². The molecule has 0 unspecified atom stereocenters. The van der Waals surface area contributed by atoms with Crippen LogP contribution in [-0.2, 0) is 14.3 Å². The average molecular weight is 804 g/mol. The maximum absolute atomic E-state index is 13.1. The minimum absolute atomic E-state index is 0.266. The van der Waals surface area contributed by atoms with Crippen molar-refractivity contribution >= 4 is 5.91 Å². The van der Waals surface area contributed by atoms with Gasteiger partial charge in [0.25, 0.3) is 0 Å². The van der Waals surface area contributed by atoms with Crippen molar-refractivity contribution in [1.82, 2.24) is 5.32 Å². The van der Waals surface area contributed by atoms with E-state index in [1.54, 1.807) is 0 Å². The molecule has 0 aromatic rings. The van der Waals surface area contributed by atoms with E-state index in [0.717, 1.165) is 38.5 Å². The van der Waals surface area contributed by atoms with Gasteiger partial charge in [-0.25, -0.2) is 0 Å². The van der Waals surface area contributed by atoms with E-state index >= 15 is 0 Å². The van der Waals surface area contributed by atoms with Crippen molar-refractivity contribution in [1.29, 1.82) is 0 Å². The molecule has 0 saturated carbocycles. The third-order valence-corrected chi connectivity index (χ3v) is 11.7. The van der Waals surface area contributed by atoms with Crippen LogP contribution in [0.4, 0.5) is 0 Å². The number of aliphatic hydroxyl groups is 7. The van der Waals surface area contributed by atoms with E-state index < -0.39 is 74.2 Å². The molecule has 1 saturated heterocycles. The first kappa shape index (κ1) is 53.1. The van der Waals surface area contributed by atoms with Crippen molar-refractivity contribution in [2.75, 3.05) is 13.2 Å². The van der Waals surface area contributed by atoms with Gasteiger partial charge < -0.3 is 50.5 Å². The Morgan fingerprint density at radius 3 is 1.32 bits per heavy atom. The van der Waals surface area contributed by atoms with Gasteiger partial charge in [0.2, 0.25) is 5.91 Å². The third kappa shape index (κ3) is 25.6. The summed E-state index contributed by atoms with van der Waals surface area (Å²) in [5.74, 6) is -0.694. The predicted molar refractivity (Wildman–Crippen MR) is 224 cm³/mol. The minimum Gasteiger partial charge on any atom is -0.394 e. The monoisotopic (exact) mass is 804 g/mol. The zero-order valence-electron chi connectivity index (χ0n) is 35.9. The standard InChI is InChI=1S/C45H89NO10/c1-3-5-7-9-11-13-15-16-17-18-19-20-21-22-23-25-27-29-31-33-38(49)44(54)46-36(35-55-45-43(53)42(52)41(51)39(34-47)56-45)40(50)37(48)32-30-28-26-24-14-12-10-8-6-4-2/h36-43,45,47-53H,3-35H2,1-2H3,(H,46,54)/t36-,37+,38+,39+,40-,41+,42-,43+,45+/m0/s1. The molecule has 0 aliphatic carbocycles. The van der Waals surface area contributed by atoms with Crippen molar-refractivity contribution in [3.05, 3.63) is 0 Å². The molecule has 1 aliphatic heterocycles. The fourth-order valence-electron chi connectivity index (χ4n) is 7.74. The molecular weight excluding hydrogens is 714 g/mol. The summed E-state index contributed by atoms with van der Waals surface area (Å²) in [7, 11) is 0. The Bertz CT molecular complexity index is 882. The van der Waals surface area contributed by atoms with Gasteiger partial charge in [-0.1, -0.05) is 200 Å². The molecule has 11 heteroatoms. The Hall–Kier alpha value is -0.890. The molecule has 1 rings (SSSR count). The molecule has 0 aromatic carbocycles. The highest BCUT2D eigenvalue weighted by Crippen LogP contribution is 2.23. The van der Waals surface area contributed by atoms with Crippen LogP contribution in [0.25, 0.3) is 0 Å². The normalized spacial score (nSPS) is 22.2. The highest BCUT2D eigenvalue weighted by Gasteiger charge is 2.44. The van der Waals surface area contributed by atoms with Gasteiger partial charge >= 0.3 is 0 Å². The Labute approximate surface area is 341 Å². The summed E-state index contributed by atoms with van der Waals surface area (Å²) in [5, 5.41) is 75.5. The van der Waals surface area contributed by atoms with Crippen molar-refractivity contribution in [3.8, 4) is 0 Å². The summed E-state index contributed by atoms with van der Waals surface area (Å²) in [6.45, 7) is 3.43. The van der Waals surface area contributed by atoms with Crippen LogP contribution in [-0.4, -0.2) is 110 Å². The molecule has 0 aromatic heterocycles. The van der Waals surface area contributed by atoms with Gasteiger partial charge in [0.15, 0.2) is 6.29 Å². The molecule has 0 spiro atoms. The van der Waals surface area contributed by atoms with Crippen LogP contribution in [0.15, 0.2) is 0 Å². The van der Waals surface area contributed by atoms with E-state index in [4.69, 9.17) is 9.47 Å². The third-order valence-electron chi connectivity index (χ3n) is 11.7. The van der Waals surface area contributed by atoms with Crippen LogP contribution in [0.5, 0.6) is 0 Å². The number of ether oxygens (including phenoxy) is 2. The number of nitrogens with one attached hydrogen (secondary N) is 1. The first-order valence-corrected chi connectivity index (χ1v) is 23.4. The van der Waals surface area contributed by atoms with Crippen LogP contribution >= 0.6 is 0 Å². The molecular formula is C45H89NO10. The number of amides is 1. The fraction of sp³-hybridized carbons (Fsp3) is 0.978. The van der Waals surface area contributed by atoms with Crippen LogP contribution in [0.1, 0.15) is 213 Å². The zero-order chi connectivity index (χ0) is 41.2. The van der Waals surface area contributed by atoms with E-state index in [9.17, 15) is 40.5 Å². The number of carbonyl (C=O) groups excluding carboxylic acids is 1. The Morgan fingerprint density at radius 1 is 0.554 bits per heavy atom. The SMILES string of the molecule is CCCCCCCCCCCCCCCCCCCCC[C@@H](O)C(=O)N[C@@H](CO[C@@H]1O[C@H](CO)[C@@H](O)[C@H](O)[C@H]1O)[C@H](O)[C@H](O)CCCCCCCCCCCC. The number of hydrogen-bond donors (Lipinski definition) is 8. The summed E-state index contributed by atoms with van der Waals surface area (Å²) in [6.07, 6.45) is 24.5. The molecule has 1 heterocycles. The second kappa shape index (κ2) is 36.0. The second-order valence-corrected chi connectivity index (χ2v) is 16.8. The highest BCUT2D eigenvalue weighted by molar-refractivity contribution is 5.80. The van der Waals surface area contributed by atoms with Crippen LogP contribution < -0.4 is 5.32 Å². The molecule has 1 amide bonds. The molecule has 8 N–H and O–H groups in total. The quantitative estimate of drug-likeness (QED) is 0.0289. The lowest BCUT2D eigenvalue weighted by atomic mass is 9.98. The Morgan fingerprint density at radius 2 is 0.929 bits per heavy atom. The van der Waals surface area contributed by atoms with E-state index in [1.165, 1.54) is 135 Å². The lowest BCUT2D eigenvalue weighted by Gasteiger charge is -2.40. The molecule has 334 valence electrons. The number of unbranched alkanes of at least 4 members (excludes halogenated alkanes) is 27. The maximum atomic E-state index is 13.1. The van der Waals surface area contributed by atoms with Gasteiger partial charge in [-0.15, -0.1) is 0 Å². The summed E-state index contributed by atoms with van der Waals surface area (Å²) in [4.78, 5) is 13.1. The summed E-state index contributed by atoms with van der Waals surface area (Å²) in [6, 6.07) is -1.16. The molecule has 56 heavy (non-hydrogen) atoms. The van der Waals surface area contributed by atoms with Gasteiger partial charge in [-0.2, -0.15) is 0 Å². The molecule has 0 bridgehead atoms. The molecule has 1 fully saturated rings. The number of rotatable bonds is 39. The predicted octanol–water partition coefficient (Wildman–Crippen LogP) is 7.50. The maximum Gasteiger partial charge on any atom is 0.249 e. The fourth-order valence-corrected chi connectivity index (χ4v) is 7.74. The minimum atomic E-state index is -1.65. The first-order chi connectivity index (χ1) is 27.2. The molecule has 0 radical (unpaired) electrons. The zero-order valence-corrected chi connectivity index (χ0v) is 35.9. The Kier molecular flexibility index (Phi) is 34.2. The summed E-state index contributed by atoms with van der Waals surface area (Å²) < 4.78 is 11.1.